The number of benzene rings is 2. The second kappa shape index (κ2) is 29.6. The molecule has 10 radical (unpaired) electrons. The predicted octanol–water partition coefficient (Wildman–Crippen LogP) is 5.40. The maximum absolute atomic E-state index is 7.50. The van der Waals surface area contributed by atoms with E-state index in [0.29, 0.717) is 0 Å². The summed E-state index contributed by atoms with van der Waals surface area (Å²) in [7, 11) is 0. The van der Waals surface area contributed by atoms with E-state index in [1.807, 2.05) is 0 Å². The first-order valence-corrected chi connectivity index (χ1v) is 9.83. The van der Waals surface area contributed by atoms with Gasteiger partial charge < -0.3 is 0 Å². The zero-order valence-electron chi connectivity index (χ0n) is 19.2. The molecule has 4 rings (SSSR count). The molecule has 182 valence electrons. The molecule has 0 unspecified atom stereocenters. The normalized spacial score (nSPS) is 14.2. The Kier molecular flexibility index (Phi) is 34.2. The average Bonchev–Trinajstić information content (AvgIpc) is 3.60. The van der Waals surface area contributed by atoms with Crippen LogP contribution in [0, 0.1) is 82.6 Å². The molecular formula is C29H22O5Ru2+2. The summed E-state index contributed by atoms with van der Waals surface area (Å²) < 4.78 is 37.5. The van der Waals surface area contributed by atoms with Crippen molar-refractivity contribution in [1.82, 2.24) is 0 Å². The van der Waals surface area contributed by atoms with E-state index in [1.165, 1.54) is 48.1 Å². The minimum atomic E-state index is 0. The summed E-state index contributed by atoms with van der Waals surface area (Å²) in [4.78, 5) is 0. The van der Waals surface area contributed by atoms with E-state index in [4.69, 9.17) is 23.3 Å². The van der Waals surface area contributed by atoms with Gasteiger partial charge in [-0.3, -0.25) is 0 Å². The summed E-state index contributed by atoms with van der Waals surface area (Å²) in [6, 6.07) is 21.5. The molecule has 0 N–H and O–H groups in total. The second-order valence-corrected chi connectivity index (χ2v) is 6.54. The van der Waals surface area contributed by atoms with Crippen molar-refractivity contribution < 1.29 is 62.2 Å². The zero-order chi connectivity index (χ0) is 26.2. The largest absolute Gasteiger partial charge is 1.00 e. The van der Waals surface area contributed by atoms with Crippen LogP contribution in [-0.2, 0) is 68.6 Å². The molecule has 0 heterocycles. The SMILES string of the molecule is [C-]#[O+].[C-]#[O+].[C-]#[O+].[C-]#[O+].[C-]#[O+].[CH]1[CH][C](Cc2ccccc2)[C]([C]2CCC[C]2[CH]c2ccccc2)[CH]1.[Ru+].[Ru+]. The molecule has 2 fully saturated rings. The molecule has 0 aliphatic heterocycles. The van der Waals surface area contributed by atoms with E-state index >= 15 is 0 Å². The van der Waals surface area contributed by atoms with Gasteiger partial charge in [-0.1, -0.05) is 67.1 Å². The van der Waals surface area contributed by atoms with Crippen molar-refractivity contribution in [3.8, 4) is 0 Å². The summed E-state index contributed by atoms with van der Waals surface area (Å²) in [6.07, 6.45) is 13.9. The van der Waals surface area contributed by atoms with Crippen LogP contribution in [-0.4, -0.2) is 0 Å². The van der Waals surface area contributed by atoms with Crippen molar-refractivity contribution >= 4 is 0 Å². The van der Waals surface area contributed by atoms with Crippen LogP contribution in [0.2, 0.25) is 0 Å². The fourth-order valence-corrected chi connectivity index (χ4v) is 3.71. The minimum absolute atomic E-state index is 0. The van der Waals surface area contributed by atoms with E-state index in [0.717, 1.165) is 6.42 Å². The molecule has 2 saturated carbocycles. The van der Waals surface area contributed by atoms with Gasteiger partial charge in [0.1, 0.15) is 0 Å². The van der Waals surface area contributed by atoms with Crippen LogP contribution in [0.3, 0.4) is 0 Å². The molecule has 7 heteroatoms. The van der Waals surface area contributed by atoms with E-state index in [-0.39, 0.29) is 39.0 Å². The van der Waals surface area contributed by atoms with E-state index < -0.39 is 0 Å². The first-order chi connectivity index (χ1) is 16.9. The third-order valence-electron chi connectivity index (χ3n) is 4.87. The Balaban J connectivity index is -0.000000384. The zero-order valence-corrected chi connectivity index (χ0v) is 22.6. The van der Waals surface area contributed by atoms with Gasteiger partial charge in [-0.15, -0.1) is 0 Å². The molecule has 2 aliphatic carbocycles. The van der Waals surface area contributed by atoms with Gasteiger partial charge in [0.05, 0.1) is 0 Å². The first-order valence-electron chi connectivity index (χ1n) is 9.83. The molecule has 0 atom stereocenters. The van der Waals surface area contributed by atoms with E-state index in [2.05, 4.69) is 120 Å². The van der Waals surface area contributed by atoms with Gasteiger partial charge in [0.15, 0.2) is 0 Å². The summed E-state index contributed by atoms with van der Waals surface area (Å²) in [5, 5.41) is 0. The predicted molar refractivity (Wildman–Crippen MR) is 119 cm³/mol. The quantitative estimate of drug-likeness (QED) is 0.235. The Morgan fingerprint density at radius 3 is 1.67 bits per heavy atom. The van der Waals surface area contributed by atoms with Crippen LogP contribution in [0.1, 0.15) is 30.4 Å². The van der Waals surface area contributed by atoms with Gasteiger partial charge in [0, 0.05) is 0 Å². The van der Waals surface area contributed by atoms with Crippen LogP contribution in [0.25, 0.3) is 0 Å². The van der Waals surface area contributed by atoms with E-state index in [1.54, 1.807) is 5.92 Å². The molecule has 36 heavy (non-hydrogen) atoms. The Morgan fingerprint density at radius 2 is 1.14 bits per heavy atom. The summed E-state index contributed by atoms with van der Waals surface area (Å²) in [5.41, 5.74) is 2.69. The Morgan fingerprint density at radius 1 is 0.639 bits per heavy atom. The topological polar surface area (TPSA) is 99.5 Å². The summed E-state index contributed by atoms with van der Waals surface area (Å²) in [6.45, 7) is 22.5. The molecular weight excluding hydrogens is 630 g/mol. The maximum Gasteiger partial charge on any atom is 1.00 e. The molecule has 0 bridgehead atoms. The smallest absolute Gasteiger partial charge is 0.0622 e. The molecule has 0 amide bonds. The number of rotatable bonds is 5. The summed E-state index contributed by atoms with van der Waals surface area (Å²) >= 11 is 0. The van der Waals surface area contributed by atoms with Crippen molar-refractivity contribution in [1.29, 1.82) is 0 Å². The van der Waals surface area contributed by atoms with Gasteiger partial charge in [0.25, 0.3) is 0 Å². The minimum Gasteiger partial charge on any atom is -0.0622 e. The average molecular weight is 653 g/mol. The van der Waals surface area contributed by atoms with Gasteiger partial charge in [0.2, 0.25) is 0 Å². The Hall–Kier alpha value is -1.61. The van der Waals surface area contributed by atoms with Gasteiger partial charge in [-0.25, -0.2) is 0 Å². The van der Waals surface area contributed by atoms with Gasteiger partial charge in [-0.05, 0) is 79.7 Å². The molecule has 2 aromatic carbocycles. The third-order valence-corrected chi connectivity index (χ3v) is 4.87. The number of hydrogen-bond donors (Lipinski definition) is 0. The monoisotopic (exact) mass is 654 g/mol. The molecule has 2 aromatic rings. The fourth-order valence-electron chi connectivity index (χ4n) is 3.71. The Labute approximate surface area is 241 Å². The van der Waals surface area contributed by atoms with Crippen molar-refractivity contribution in [3.05, 3.63) is 154 Å². The Bertz CT molecular complexity index is 754. The van der Waals surface area contributed by atoms with Crippen molar-refractivity contribution in [2.75, 3.05) is 0 Å². The van der Waals surface area contributed by atoms with Crippen molar-refractivity contribution in [2.24, 2.45) is 0 Å². The fraction of sp³-hybridized carbons (Fsp3) is 0.138. The molecule has 0 spiro atoms. The van der Waals surface area contributed by atoms with E-state index in [9.17, 15) is 0 Å². The maximum atomic E-state index is 7.50. The van der Waals surface area contributed by atoms with Crippen LogP contribution in [0.4, 0.5) is 0 Å². The first kappa shape index (κ1) is 41.5. The molecule has 5 nitrogen and oxygen atoms in total. The van der Waals surface area contributed by atoms with Gasteiger partial charge in [-0.2, -0.15) is 0 Å². The summed E-state index contributed by atoms with van der Waals surface area (Å²) in [5.74, 6) is 5.98. The second-order valence-electron chi connectivity index (χ2n) is 6.54. The van der Waals surface area contributed by atoms with Crippen molar-refractivity contribution in [2.45, 2.75) is 25.7 Å². The molecule has 0 saturated heterocycles. The van der Waals surface area contributed by atoms with Crippen LogP contribution in [0.15, 0.2) is 60.7 Å². The standard InChI is InChI=1S/C24H22.5CO.2Ru/c1-3-9-19(10-4-1)17-21-13-7-15-23(21)24-16-8-14-22(24)18-20-11-5-2-6-12-20;5*1-2;;/h1-7,9-13,15,18H,8,14,16-17H2;;;;;;;/q;;;;;;2*+1. The van der Waals surface area contributed by atoms with Crippen LogP contribution < -0.4 is 0 Å². The van der Waals surface area contributed by atoms with Gasteiger partial charge >= 0.3 is 95.5 Å². The number of hydrogen-bond acceptors (Lipinski definition) is 0. The molecule has 0 aromatic heterocycles. The molecule has 2 aliphatic rings. The van der Waals surface area contributed by atoms with Crippen LogP contribution >= 0.6 is 0 Å². The third kappa shape index (κ3) is 14.8. The van der Waals surface area contributed by atoms with Crippen molar-refractivity contribution in [3.63, 3.8) is 0 Å². The van der Waals surface area contributed by atoms with Crippen LogP contribution in [0.5, 0.6) is 0 Å².